The molecule has 0 aliphatic carbocycles. The lowest BCUT2D eigenvalue weighted by Crippen LogP contribution is -2.52. The molecule has 0 amide bonds. The highest BCUT2D eigenvalue weighted by Gasteiger charge is 2.32. The third-order valence-corrected chi connectivity index (χ3v) is 3.55. The second-order valence-corrected chi connectivity index (χ2v) is 6.14. The molecule has 1 saturated heterocycles. The molecule has 1 fully saturated rings. The molecule has 0 spiro atoms. The van der Waals surface area contributed by atoms with Crippen molar-refractivity contribution in [3.05, 3.63) is 22.7 Å². The van der Waals surface area contributed by atoms with Gasteiger partial charge in [-0.25, -0.2) is 0 Å². The Kier molecular flexibility index (Phi) is 3.47. The van der Waals surface area contributed by atoms with Crippen molar-refractivity contribution < 1.29 is 4.74 Å². The van der Waals surface area contributed by atoms with E-state index < -0.39 is 0 Å². The second-order valence-electron chi connectivity index (χ2n) is 5.73. The van der Waals surface area contributed by atoms with Gasteiger partial charge in [-0.3, -0.25) is 0 Å². The first-order valence-corrected chi connectivity index (χ1v) is 6.65. The van der Waals surface area contributed by atoms with Crippen LogP contribution in [0.2, 0.25) is 5.02 Å². The maximum absolute atomic E-state index is 6.13. The number of nitrogens with two attached hydrogens (primary N) is 1. The Morgan fingerprint density at radius 2 is 2.11 bits per heavy atom. The standard InChI is InChI=1S/C14H21ClN2O/c1-9-5-12(16)11(15)6-13(9)17-7-10(2)18-14(3,4)8-17/h5-6,10H,7-8,16H2,1-4H3. The number of benzene rings is 1. The third kappa shape index (κ3) is 2.73. The Morgan fingerprint density at radius 1 is 1.44 bits per heavy atom. The van der Waals surface area contributed by atoms with Crippen molar-refractivity contribution in [3.8, 4) is 0 Å². The summed E-state index contributed by atoms with van der Waals surface area (Å²) in [4.78, 5) is 2.33. The van der Waals surface area contributed by atoms with E-state index in [9.17, 15) is 0 Å². The Hall–Kier alpha value is -0.930. The molecule has 0 bridgehead atoms. The molecule has 1 aromatic rings. The van der Waals surface area contributed by atoms with Crippen LogP contribution in [0.1, 0.15) is 26.3 Å². The quantitative estimate of drug-likeness (QED) is 0.795. The predicted molar refractivity (Wildman–Crippen MR) is 77.4 cm³/mol. The van der Waals surface area contributed by atoms with Crippen molar-refractivity contribution in [3.63, 3.8) is 0 Å². The number of rotatable bonds is 1. The van der Waals surface area contributed by atoms with Crippen molar-refractivity contribution in [2.24, 2.45) is 0 Å². The van der Waals surface area contributed by atoms with Crippen LogP contribution in [0.25, 0.3) is 0 Å². The average molecular weight is 269 g/mol. The first-order valence-electron chi connectivity index (χ1n) is 6.27. The van der Waals surface area contributed by atoms with Gasteiger partial charge in [0.1, 0.15) is 0 Å². The SMILES string of the molecule is Cc1cc(N)c(Cl)cc1N1CC(C)OC(C)(C)C1. The van der Waals surface area contributed by atoms with Gasteiger partial charge in [0, 0.05) is 18.8 Å². The molecule has 2 N–H and O–H groups in total. The van der Waals surface area contributed by atoms with Gasteiger partial charge in [0.15, 0.2) is 0 Å². The van der Waals surface area contributed by atoms with E-state index in [1.165, 1.54) is 0 Å². The molecule has 3 nitrogen and oxygen atoms in total. The smallest absolute Gasteiger partial charge is 0.0805 e. The lowest BCUT2D eigenvalue weighted by atomic mass is 10.0. The molecule has 100 valence electrons. The number of nitrogen functional groups attached to an aromatic ring is 1. The molecule has 0 aromatic heterocycles. The van der Waals surface area contributed by atoms with E-state index in [1.54, 1.807) is 0 Å². The topological polar surface area (TPSA) is 38.5 Å². The molecule has 1 atom stereocenters. The minimum Gasteiger partial charge on any atom is -0.398 e. The second kappa shape index (κ2) is 4.63. The van der Waals surface area contributed by atoms with E-state index in [4.69, 9.17) is 22.1 Å². The van der Waals surface area contributed by atoms with Crippen molar-refractivity contribution in [2.45, 2.75) is 39.4 Å². The van der Waals surface area contributed by atoms with E-state index in [0.717, 1.165) is 24.3 Å². The summed E-state index contributed by atoms with van der Waals surface area (Å²) in [5.41, 5.74) is 8.63. The number of aryl methyl sites for hydroxylation is 1. The average Bonchev–Trinajstić information content (AvgIpc) is 2.20. The highest BCUT2D eigenvalue weighted by atomic mass is 35.5. The number of morpholine rings is 1. The third-order valence-electron chi connectivity index (χ3n) is 3.23. The molecule has 1 aliphatic heterocycles. The van der Waals surface area contributed by atoms with E-state index in [-0.39, 0.29) is 11.7 Å². The number of halogens is 1. The molecule has 1 aromatic carbocycles. The Bertz CT molecular complexity index is 459. The fourth-order valence-corrected chi connectivity index (χ4v) is 2.83. The van der Waals surface area contributed by atoms with Crippen LogP contribution in [0, 0.1) is 6.92 Å². The van der Waals surface area contributed by atoms with Crippen molar-refractivity contribution >= 4 is 23.0 Å². The van der Waals surface area contributed by atoms with Crippen LogP contribution in [0.5, 0.6) is 0 Å². The number of ether oxygens (including phenoxy) is 1. The number of nitrogens with zero attached hydrogens (tertiary/aromatic N) is 1. The first-order chi connectivity index (χ1) is 8.28. The van der Waals surface area contributed by atoms with Crippen LogP contribution in [0.15, 0.2) is 12.1 Å². The number of hydrogen-bond acceptors (Lipinski definition) is 3. The summed E-state index contributed by atoms with van der Waals surface area (Å²) in [6.07, 6.45) is 0.212. The molecule has 0 saturated carbocycles. The van der Waals surface area contributed by atoms with Gasteiger partial charge in [0.25, 0.3) is 0 Å². The summed E-state index contributed by atoms with van der Waals surface area (Å²) in [5.74, 6) is 0. The van der Waals surface area contributed by atoms with E-state index in [2.05, 4.69) is 32.6 Å². The van der Waals surface area contributed by atoms with Crippen molar-refractivity contribution in [2.75, 3.05) is 23.7 Å². The zero-order valence-electron chi connectivity index (χ0n) is 11.5. The predicted octanol–water partition coefficient (Wildman–Crippen LogP) is 3.23. The monoisotopic (exact) mass is 268 g/mol. The minimum atomic E-state index is -0.141. The van der Waals surface area contributed by atoms with Crippen molar-refractivity contribution in [1.82, 2.24) is 0 Å². The summed E-state index contributed by atoms with van der Waals surface area (Å²) in [6.45, 7) is 10.1. The molecule has 1 aliphatic rings. The molecule has 1 unspecified atom stereocenters. The molecular formula is C14H21ClN2O. The van der Waals surface area contributed by atoms with Crippen LogP contribution in [-0.4, -0.2) is 24.8 Å². The largest absolute Gasteiger partial charge is 0.398 e. The maximum Gasteiger partial charge on any atom is 0.0805 e. The highest BCUT2D eigenvalue weighted by molar-refractivity contribution is 6.33. The van der Waals surface area contributed by atoms with E-state index in [0.29, 0.717) is 10.7 Å². The van der Waals surface area contributed by atoms with Crippen LogP contribution in [0.4, 0.5) is 11.4 Å². The van der Waals surface area contributed by atoms with Crippen LogP contribution >= 0.6 is 11.6 Å². The zero-order valence-corrected chi connectivity index (χ0v) is 12.2. The number of hydrogen-bond donors (Lipinski definition) is 1. The maximum atomic E-state index is 6.13. The molecule has 4 heteroatoms. The lowest BCUT2D eigenvalue weighted by molar-refractivity contribution is -0.0749. The molecule has 18 heavy (non-hydrogen) atoms. The summed E-state index contributed by atoms with van der Waals surface area (Å²) < 4.78 is 5.92. The summed E-state index contributed by atoms with van der Waals surface area (Å²) >= 11 is 6.13. The Balaban J connectivity index is 2.34. The van der Waals surface area contributed by atoms with Gasteiger partial charge >= 0.3 is 0 Å². The zero-order chi connectivity index (χ0) is 13.5. The molecule has 1 heterocycles. The fraction of sp³-hybridized carbons (Fsp3) is 0.571. The van der Waals surface area contributed by atoms with Gasteiger partial charge in [-0.15, -0.1) is 0 Å². The lowest BCUT2D eigenvalue weighted by Gasteiger charge is -2.43. The van der Waals surface area contributed by atoms with E-state index >= 15 is 0 Å². The normalized spacial score (nSPS) is 23.2. The van der Waals surface area contributed by atoms with Gasteiger partial charge in [-0.2, -0.15) is 0 Å². The Labute approximate surface area is 114 Å². The molecular weight excluding hydrogens is 248 g/mol. The summed E-state index contributed by atoms with van der Waals surface area (Å²) in [6, 6.07) is 3.89. The highest BCUT2D eigenvalue weighted by Crippen LogP contribution is 2.32. The summed E-state index contributed by atoms with van der Waals surface area (Å²) in [7, 11) is 0. The van der Waals surface area contributed by atoms with Crippen molar-refractivity contribution in [1.29, 1.82) is 0 Å². The van der Waals surface area contributed by atoms with E-state index in [1.807, 2.05) is 12.1 Å². The molecule has 0 radical (unpaired) electrons. The van der Waals surface area contributed by atoms with Crippen LogP contribution in [-0.2, 0) is 4.74 Å². The van der Waals surface area contributed by atoms with Gasteiger partial charge < -0.3 is 15.4 Å². The van der Waals surface area contributed by atoms with Gasteiger partial charge in [0.05, 0.1) is 22.4 Å². The fourth-order valence-electron chi connectivity index (χ4n) is 2.67. The first kappa shape index (κ1) is 13.5. The van der Waals surface area contributed by atoms with Gasteiger partial charge in [0.2, 0.25) is 0 Å². The van der Waals surface area contributed by atoms with Gasteiger partial charge in [-0.05, 0) is 45.4 Å². The Morgan fingerprint density at radius 3 is 2.72 bits per heavy atom. The van der Waals surface area contributed by atoms with Crippen LogP contribution in [0.3, 0.4) is 0 Å². The van der Waals surface area contributed by atoms with Crippen LogP contribution < -0.4 is 10.6 Å². The minimum absolute atomic E-state index is 0.141. The molecule has 2 rings (SSSR count). The number of anilines is 2. The van der Waals surface area contributed by atoms with Gasteiger partial charge in [-0.1, -0.05) is 11.6 Å². The summed E-state index contributed by atoms with van der Waals surface area (Å²) in [5, 5.41) is 0.618.